The molecule has 2 aromatic carbocycles. The molecule has 0 saturated heterocycles. The van der Waals surface area contributed by atoms with Gasteiger partial charge in [0.25, 0.3) is 0 Å². The van der Waals surface area contributed by atoms with Gasteiger partial charge in [-0.1, -0.05) is 30.3 Å². The zero-order chi connectivity index (χ0) is 20.6. The van der Waals surface area contributed by atoms with Gasteiger partial charge in [-0.05, 0) is 42.7 Å². The van der Waals surface area contributed by atoms with Gasteiger partial charge in [-0.3, -0.25) is 10.5 Å². The number of nitrogens with one attached hydrogen (secondary N) is 1. The van der Waals surface area contributed by atoms with Crippen molar-refractivity contribution in [3.63, 3.8) is 0 Å². The van der Waals surface area contributed by atoms with Gasteiger partial charge < -0.3 is 10.1 Å². The highest BCUT2D eigenvalue weighted by atomic mass is 16.5. The van der Waals surface area contributed by atoms with Gasteiger partial charge in [0.15, 0.2) is 5.66 Å². The van der Waals surface area contributed by atoms with Crippen LogP contribution in [0, 0.1) is 0 Å². The van der Waals surface area contributed by atoms with Crippen LogP contribution in [0.2, 0.25) is 0 Å². The van der Waals surface area contributed by atoms with E-state index in [1.54, 1.807) is 12.5 Å². The Labute approximate surface area is 174 Å². The summed E-state index contributed by atoms with van der Waals surface area (Å²) in [7, 11) is 0. The first-order valence-electron chi connectivity index (χ1n) is 10.2. The van der Waals surface area contributed by atoms with Crippen molar-refractivity contribution in [3.05, 3.63) is 71.9 Å². The fourth-order valence-electron chi connectivity index (χ4n) is 4.13. The maximum absolute atomic E-state index is 11.6. The molecule has 3 aromatic rings. The molecular formula is C23H23N5O2. The maximum Gasteiger partial charge on any atom is 0.166 e. The van der Waals surface area contributed by atoms with Crippen molar-refractivity contribution in [2.45, 2.75) is 37.4 Å². The van der Waals surface area contributed by atoms with E-state index in [9.17, 15) is 4.79 Å². The first-order valence-corrected chi connectivity index (χ1v) is 10.2. The number of ether oxygens (including phenoxy) is 1. The molecule has 1 unspecified atom stereocenters. The summed E-state index contributed by atoms with van der Waals surface area (Å²) in [5.74, 6) is 2.68. The number of carbonyl (C=O) groups is 1. The van der Waals surface area contributed by atoms with Crippen molar-refractivity contribution in [2.75, 3.05) is 5.32 Å². The molecule has 7 nitrogen and oxygen atoms in total. The van der Waals surface area contributed by atoms with E-state index in [0.29, 0.717) is 18.6 Å². The van der Waals surface area contributed by atoms with Crippen LogP contribution in [-0.2, 0) is 10.5 Å². The van der Waals surface area contributed by atoms with E-state index >= 15 is 0 Å². The predicted molar refractivity (Wildman–Crippen MR) is 115 cm³/mol. The van der Waals surface area contributed by atoms with Crippen molar-refractivity contribution < 1.29 is 9.53 Å². The molecule has 1 aliphatic carbocycles. The Hall–Kier alpha value is -3.45. The number of ketones is 1. The van der Waals surface area contributed by atoms with Crippen LogP contribution in [0.4, 0.5) is 5.82 Å². The average molecular weight is 401 g/mol. The van der Waals surface area contributed by atoms with Crippen molar-refractivity contribution in [3.8, 4) is 11.5 Å². The molecule has 1 saturated carbocycles. The molecule has 0 spiro atoms. The minimum Gasteiger partial charge on any atom is -0.457 e. The second-order valence-electron chi connectivity index (χ2n) is 7.73. The summed E-state index contributed by atoms with van der Waals surface area (Å²) >= 11 is 0. The van der Waals surface area contributed by atoms with E-state index in [1.165, 1.54) is 0 Å². The minimum absolute atomic E-state index is 0.191. The summed E-state index contributed by atoms with van der Waals surface area (Å²) in [6.07, 6.45) is 6.21. The monoisotopic (exact) mass is 401 g/mol. The lowest BCUT2D eigenvalue weighted by Crippen LogP contribution is -2.39. The number of para-hydroxylation sites is 1. The SMILES string of the molecule is NC1(c2ccc(Oc3ccccc3)cc2)N=CNc2c1cnn2C1CCC(=O)CC1. The summed E-state index contributed by atoms with van der Waals surface area (Å²) in [6, 6.07) is 17.5. The number of rotatable bonds is 4. The van der Waals surface area contributed by atoms with Crippen LogP contribution in [0.15, 0.2) is 65.8 Å². The number of anilines is 1. The van der Waals surface area contributed by atoms with Crippen LogP contribution in [0.3, 0.4) is 0 Å². The van der Waals surface area contributed by atoms with Gasteiger partial charge in [-0.25, -0.2) is 9.67 Å². The van der Waals surface area contributed by atoms with Crippen molar-refractivity contribution in [2.24, 2.45) is 10.7 Å². The van der Waals surface area contributed by atoms with Gasteiger partial charge >= 0.3 is 0 Å². The van der Waals surface area contributed by atoms with Crippen LogP contribution < -0.4 is 15.8 Å². The molecule has 3 N–H and O–H groups in total. The third kappa shape index (κ3) is 3.27. The molecule has 0 radical (unpaired) electrons. The molecule has 2 heterocycles. The lowest BCUT2D eigenvalue weighted by Gasteiger charge is -2.30. The van der Waals surface area contributed by atoms with Crippen molar-refractivity contribution in [1.29, 1.82) is 0 Å². The second kappa shape index (κ2) is 7.42. The molecule has 1 fully saturated rings. The lowest BCUT2D eigenvalue weighted by atomic mass is 9.92. The molecule has 1 aliphatic heterocycles. The summed E-state index contributed by atoms with van der Waals surface area (Å²) in [6.45, 7) is 0. The standard InChI is InChI=1S/C23H23N5O2/c24-23(16-6-12-20(13-7-16)30-19-4-2-1-3-5-19)21-14-27-28(22(21)25-15-26-23)17-8-10-18(29)11-9-17/h1-7,12-15,17H,8-11,24H2,(H,25,26). The maximum atomic E-state index is 11.6. The molecule has 0 amide bonds. The smallest absolute Gasteiger partial charge is 0.166 e. The Balaban J connectivity index is 1.42. The molecule has 2 aliphatic rings. The van der Waals surface area contributed by atoms with Crippen molar-refractivity contribution >= 4 is 17.9 Å². The Morgan fingerprint density at radius 2 is 1.73 bits per heavy atom. The lowest BCUT2D eigenvalue weighted by molar-refractivity contribution is -0.120. The van der Waals surface area contributed by atoms with Crippen molar-refractivity contribution in [1.82, 2.24) is 9.78 Å². The van der Waals surface area contributed by atoms with Crippen LogP contribution in [0.5, 0.6) is 11.5 Å². The van der Waals surface area contributed by atoms with Gasteiger partial charge in [-0.2, -0.15) is 5.10 Å². The normalized spacial score (nSPS) is 21.2. The minimum atomic E-state index is -1.03. The Morgan fingerprint density at radius 3 is 2.47 bits per heavy atom. The van der Waals surface area contributed by atoms with Gasteiger partial charge in [0, 0.05) is 12.8 Å². The third-order valence-corrected chi connectivity index (χ3v) is 5.81. The van der Waals surface area contributed by atoms with Crippen LogP contribution in [0.1, 0.15) is 42.9 Å². The van der Waals surface area contributed by atoms with Crippen LogP contribution in [0.25, 0.3) is 0 Å². The quantitative estimate of drug-likeness (QED) is 0.690. The number of nitrogens with zero attached hydrogens (tertiary/aromatic N) is 3. The molecule has 7 heteroatoms. The Bertz CT molecular complexity index is 1080. The number of Topliss-reactive ketones (excluding diaryl/α,β-unsaturated/α-hetero) is 1. The number of hydrogen-bond acceptors (Lipinski definition) is 6. The molecule has 5 rings (SSSR count). The Kier molecular flexibility index (Phi) is 4.59. The number of hydrogen-bond donors (Lipinski definition) is 2. The first kappa shape index (κ1) is 18.6. The fraction of sp³-hybridized carbons (Fsp3) is 0.261. The summed E-state index contributed by atoms with van der Waals surface area (Å²) in [4.78, 5) is 16.2. The predicted octanol–water partition coefficient (Wildman–Crippen LogP) is 3.97. The largest absolute Gasteiger partial charge is 0.457 e. The first-order chi connectivity index (χ1) is 14.6. The molecular weight excluding hydrogens is 378 g/mol. The van der Waals surface area contributed by atoms with E-state index in [0.717, 1.165) is 41.3 Å². The highest BCUT2D eigenvalue weighted by Gasteiger charge is 2.37. The molecule has 1 atom stereocenters. The van der Waals surface area contributed by atoms with E-state index in [-0.39, 0.29) is 6.04 Å². The summed E-state index contributed by atoms with van der Waals surface area (Å²) in [5, 5.41) is 7.81. The average Bonchev–Trinajstić information content (AvgIpc) is 3.21. The van der Waals surface area contributed by atoms with E-state index in [4.69, 9.17) is 10.5 Å². The van der Waals surface area contributed by atoms with Gasteiger partial charge in [0.1, 0.15) is 23.1 Å². The number of fused-ring (bicyclic) bond motifs is 1. The number of benzene rings is 2. The second-order valence-corrected chi connectivity index (χ2v) is 7.73. The van der Waals surface area contributed by atoms with Crippen LogP contribution >= 0.6 is 0 Å². The number of aliphatic imine (C=N–C) groups is 1. The number of carbonyl (C=O) groups excluding carboxylic acids is 1. The molecule has 1 aromatic heterocycles. The molecule has 152 valence electrons. The van der Waals surface area contributed by atoms with Crippen LogP contribution in [-0.4, -0.2) is 21.9 Å². The van der Waals surface area contributed by atoms with E-state index in [1.807, 2.05) is 59.3 Å². The Morgan fingerprint density at radius 1 is 1.03 bits per heavy atom. The fourth-order valence-corrected chi connectivity index (χ4v) is 4.13. The third-order valence-electron chi connectivity index (χ3n) is 5.81. The molecule has 0 bridgehead atoms. The topological polar surface area (TPSA) is 94.5 Å². The van der Waals surface area contributed by atoms with Gasteiger partial charge in [0.05, 0.1) is 24.1 Å². The highest BCUT2D eigenvalue weighted by molar-refractivity contribution is 5.81. The molecule has 30 heavy (non-hydrogen) atoms. The zero-order valence-corrected chi connectivity index (χ0v) is 16.5. The van der Waals surface area contributed by atoms with E-state index in [2.05, 4.69) is 15.4 Å². The summed E-state index contributed by atoms with van der Waals surface area (Å²) in [5.41, 5.74) is 7.41. The van der Waals surface area contributed by atoms with Gasteiger partial charge in [0.2, 0.25) is 0 Å². The van der Waals surface area contributed by atoms with Gasteiger partial charge in [-0.15, -0.1) is 0 Å². The summed E-state index contributed by atoms with van der Waals surface area (Å²) < 4.78 is 7.84. The highest BCUT2D eigenvalue weighted by Crippen LogP contribution is 2.39. The zero-order valence-electron chi connectivity index (χ0n) is 16.5. The number of aromatic nitrogens is 2. The van der Waals surface area contributed by atoms with E-state index < -0.39 is 5.66 Å². The number of nitrogens with two attached hydrogens (primary N) is 1.